The van der Waals surface area contributed by atoms with E-state index in [1.54, 1.807) is 11.8 Å². The zero-order chi connectivity index (χ0) is 23.0. The Morgan fingerprint density at radius 1 is 1.03 bits per heavy atom. The van der Waals surface area contributed by atoms with Gasteiger partial charge >= 0.3 is 0 Å². The minimum atomic E-state index is -0.694. The van der Waals surface area contributed by atoms with E-state index >= 15 is 0 Å². The quantitative estimate of drug-likeness (QED) is 0.537. The van der Waals surface area contributed by atoms with E-state index in [1.807, 2.05) is 26.0 Å². The van der Waals surface area contributed by atoms with Gasteiger partial charge in [0.2, 0.25) is 5.91 Å². The van der Waals surface area contributed by atoms with Gasteiger partial charge in [0.25, 0.3) is 0 Å². The van der Waals surface area contributed by atoms with Crippen molar-refractivity contribution >= 4 is 23.3 Å². The van der Waals surface area contributed by atoms with Crippen LogP contribution >= 0.6 is 0 Å². The number of piperidine rings is 1. The van der Waals surface area contributed by atoms with Gasteiger partial charge in [0, 0.05) is 37.4 Å². The van der Waals surface area contributed by atoms with Gasteiger partial charge in [0.15, 0.2) is 0 Å². The van der Waals surface area contributed by atoms with E-state index in [-0.39, 0.29) is 41.0 Å². The van der Waals surface area contributed by atoms with Gasteiger partial charge < -0.3 is 4.90 Å². The van der Waals surface area contributed by atoms with Crippen LogP contribution in [0.2, 0.25) is 0 Å². The molecule has 1 aromatic carbocycles. The number of hydrogen-bond donors (Lipinski definition) is 0. The molecule has 0 radical (unpaired) electrons. The molecular formula is C27H31NO4. The first-order valence-electron chi connectivity index (χ1n) is 11.6. The molecule has 3 aliphatic rings. The molecule has 1 aliphatic heterocycles. The first-order chi connectivity index (χ1) is 15.2. The number of benzene rings is 1. The number of amides is 1. The summed E-state index contributed by atoms with van der Waals surface area (Å²) in [6.07, 6.45) is 3.86. The molecule has 1 aromatic rings. The zero-order valence-electron chi connectivity index (χ0n) is 19.3. The van der Waals surface area contributed by atoms with Crippen molar-refractivity contribution in [3.8, 4) is 11.8 Å². The highest BCUT2D eigenvalue weighted by atomic mass is 16.2. The van der Waals surface area contributed by atoms with E-state index in [9.17, 15) is 19.2 Å². The minimum Gasteiger partial charge on any atom is -0.342 e. The van der Waals surface area contributed by atoms with Crippen LogP contribution in [-0.2, 0) is 19.2 Å². The molecule has 4 rings (SSSR count). The number of carbonyl (C=O) groups excluding carboxylic acids is 4. The van der Waals surface area contributed by atoms with Crippen molar-refractivity contribution in [1.29, 1.82) is 0 Å². The zero-order valence-corrected chi connectivity index (χ0v) is 19.3. The molecule has 2 saturated carbocycles. The SMILES string of the molecule is CC#Cc1cc(C)c(C2C(=O)CC3(CCN(C(=O)CC(=O)C4CC4)CC3)CC2=O)c(C)c1. The second-order valence-electron chi connectivity index (χ2n) is 9.92. The van der Waals surface area contributed by atoms with Crippen LogP contribution in [0.3, 0.4) is 0 Å². The van der Waals surface area contributed by atoms with Gasteiger partial charge in [-0.3, -0.25) is 19.2 Å². The highest BCUT2D eigenvalue weighted by molar-refractivity contribution is 6.10. The summed E-state index contributed by atoms with van der Waals surface area (Å²) < 4.78 is 0. The van der Waals surface area contributed by atoms with E-state index in [2.05, 4.69) is 11.8 Å². The molecule has 0 bridgehead atoms. The Bertz CT molecular complexity index is 1000. The molecule has 1 spiro atoms. The average molecular weight is 434 g/mol. The predicted octanol–water partition coefficient (Wildman–Crippen LogP) is 3.67. The Morgan fingerprint density at radius 2 is 1.59 bits per heavy atom. The number of nitrogens with zero attached hydrogens (tertiary/aromatic N) is 1. The van der Waals surface area contributed by atoms with Crippen LogP contribution < -0.4 is 0 Å². The van der Waals surface area contributed by atoms with Crippen molar-refractivity contribution in [2.45, 2.75) is 71.6 Å². The summed E-state index contributed by atoms with van der Waals surface area (Å²) in [6, 6.07) is 3.91. The molecule has 5 heteroatoms. The summed E-state index contributed by atoms with van der Waals surface area (Å²) in [5.74, 6) is 5.28. The highest BCUT2D eigenvalue weighted by Crippen LogP contribution is 2.46. The first kappa shape index (κ1) is 22.5. The standard InChI is InChI=1S/C27H31NO4/c1-4-5-19-12-17(2)25(18(3)13-19)26-22(30)15-27(16-23(26)31)8-10-28(11-9-27)24(32)14-21(29)20-6-7-20/h12-13,20,26H,6-11,14-16H2,1-3H3. The Hall–Kier alpha value is -2.74. The maximum Gasteiger partial charge on any atom is 0.230 e. The maximum absolute atomic E-state index is 13.3. The summed E-state index contributed by atoms with van der Waals surface area (Å²) in [4.78, 5) is 52.7. The van der Waals surface area contributed by atoms with Gasteiger partial charge in [-0.05, 0) is 80.7 Å². The topological polar surface area (TPSA) is 71.5 Å². The van der Waals surface area contributed by atoms with Crippen LogP contribution in [0.4, 0.5) is 0 Å². The van der Waals surface area contributed by atoms with Gasteiger partial charge in [0.05, 0.1) is 6.42 Å². The van der Waals surface area contributed by atoms with Crippen LogP contribution in [-0.4, -0.2) is 41.2 Å². The van der Waals surface area contributed by atoms with E-state index < -0.39 is 5.92 Å². The summed E-state index contributed by atoms with van der Waals surface area (Å²) in [5.41, 5.74) is 3.26. The molecule has 0 aromatic heterocycles. The second-order valence-corrected chi connectivity index (χ2v) is 9.92. The van der Waals surface area contributed by atoms with Crippen molar-refractivity contribution in [2.75, 3.05) is 13.1 Å². The molecule has 3 fully saturated rings. The summed E-state index contributed by atoms with van der Waals surface area (Å²) in [6.45, 7) is 6.72. The summed E-state index contributed by atoms with van der Waals surface area (Å²) in [5, 5.41) is 0. The molecular weight excluding hydrogens is 402 g/mol. The fraction of sp³-hybridized carbons (Fsp3) is 0.556. The molecule has 2 aliphatic carbocycles. The number of likely N-dealkylation sites (tertiary alicyclic amines) is 1. The van der Waals surface area contributed by atoms with E-state index in [4.69, 9.17) is 0 Å². The van der Waals surface area contributed by atoms with E-state index in [1.165, 1.54) is 0 Å². The third-order valence-electron chi connectivity index (χ3n) is 7.43. The number of hydrogen-bond acceptors (Lipinski definition) is 4. The lowest BCUT2D eigenvalue weighted by Gasteiger charge is -2.44. The number of carbonyl (C=O) groups is 4. The fourth-order valence-corrected chi connectivity index (χ4v) is 5.55. The van der Waals surface area contributed by atoms with Crippen molar-refractivity contribution in [3.05, 3.63) is 34.4 Å². The number of ketones is 3. The van der Waals surface area contributed by atoms with Gasteiger partial charge in [-0.1, -0.05) is 5.92 Å². The summed E-state index contributed by atoms with van der Waals surface area (Å²) in [7, 11) is 0. The normalized spacial score (nSPS) is 20.8. The molecule has 32 heavy (non-hydrogen) atoms. The van der Waals surface area contributed by atoms with Crippen LogP contribution in [0.15, 0.2) is 12.1 Å². The molecule has 168 valence electrons. The minimum absolute atomic E-state index is 0.00540. The predicted molar refractivity (Wildman–Crippen MR) is 121 cm³/mol. The van der Waals surface area contributed by atoms with Crippen molar-refractivity contribution in [3.63, 3.8) is 0 Å². The van der Waals surface area contributed by atoms with E-state index in [0.717, 1.165) is 35.1 Å². The molecule has 1 amide bonds. The van der Waals surface area contributed by atoms with Gasteiger partial charge in [-0.25, -0.2) is 0 Å². The molecule has 1 saturated heterocycles. The molecule has 5 nitrogen and oxygen atoms in total. The molecule has 0 atom stereocenters. The van der Waals surface area contributed by atoms with E-state index in [0.29, 0.717) is 38.8 Å². The van der Waals surface area contributed by atoms with Gasteiger partial charge in [-0.15, -0.1) is 5.92 Å². The molecule has 0 N–H and O–H groups in total. The van der Waals surface area contributed by atoms with Crippen molar-refractivity contribution in [1.82, 2.24) is 4.90 Å². The fourth-order valence-electron chi connectivity index (χ4n) is 5.55. The number of Topliss-reactive ketones (excluding diaryl/α,β-unsaturated/α-hetero) is 3. The lowest BCUT2D eigenvalue weighted by molar-refractivity contribution is -0.141. The van der Waals surface area contributed by atoms with Gasteiger partial charge in [-0.2, -0.15) is 0 Å². The third kappa shape index (κ3) is 4.41. The smallest absolute Gasteiger partial charge is 0.230 e. The number of rotatable bonds is 4. The van der Waals surface area contributed by atoms with Crippen molar-refractivity contribution < 1.29 is 19.2 Å². The van der Waals surface area contributed by atoms with Crippen molar-refractivity contribution in [2.24, 2.45) is 11.3 Å². The Balaban J connectivity index is 1.44. The molecule has 0 unspecified atom stereocenters. The maximum atomic E-state index is 13.3. The van der Waals surface area contributed by atoms with Crippen LogP contribution in [0.25, 0.3) is 0 Å². The second kappa shape index (κ2) is 8.65. The number of aryl methyl sites for hydroxylation is 2. The Kier molecular flexibility index (Phi) is 6.07. The summed E-state index contributed by atoms with van der Waals surface area (Å²) >= 11 is 0. The Labute approximate surface area is 189 Å². The van der Waals surface area contributed by atoms with Crippen LogP contribution in [0.5, 0.6) is 0 Å². The Morgan fingerprint density at radius 3 is 2.09 bits per heavy atom. The largest absolute Gasteiger partial charge is 0.342 e. The highest BCUT2D eigenvalue weighted by Gasteiger charge is 2.48. The monoisotopic (exact) mass is 433 g/mol. The third-order valence-corrected chi connectivity index (χ3v) is 7.43. The lowest BCUT2D eigenvalue weighted by atomic mass is 9.62. The average Bonchev–Trinajstić information content (AvgIpc) is 3.55. The van der Waals surface area contributed by atoms with Crippen LogP contribution in [0, 0.1) is 37.0 Å². The molecule has 1 heterocycles. The van der Waals surface area contributed by atoms with Gasteiger partial charge in [0.1, 0.15) is 23.3 Å². The first-order valence-corrected chi connectivity index (χ1v) is 11.6. The lowest BCUT2D eigenvalue weighted by Crippen LogP contribution is -2.48. The van der Waals surface area contributed by atoms with Crippen LogP contribution in [0.1, 0.15) is 80.0 Å².